The Morgan fingerprint density at radius 1 is 1.16 bits per heavy atom. The molecule has 0 heterocycles. The van der Waals surface area contributed by atoms with Gasteiger partial charge in [0.1, 0.15) is 0 Å². The number of carbonyl (C=O) groups excluding carboxylic acids is 1. The first-order valence-corrected chi connectivity index (χ1v) is 9.91. The van der Waals surface area contributed by atoms with Gasteiger partial charge in [0.15, 0.2) is 9.84 Å². The normalized spacial score (nSPS) is 14.0. The number of carbonyl (C=O) groups is 1. The van der Waals surface area contributed by atoms with E-state index < -0.39 is 27.9 Å². The van der Waals surface area contributed by atoms with Gasteiger partial charge in [-0.1, -0.05) is 29.8 Å². The van der Waals surface area contributed by atoms with E-state index in [0.29, 0.717) is 16.1 Å². The van der Waals surface area contributed by atoms with Crippen LogP contribution in [-0.4, -0.2) is 31.7 Å². The maximum Gasteiger partial charge on any atom is 0.251 e. The molecule has 0 bridgehead atoms. The zero-order valence-corrected chi connectivity index (χ0v) is 15.7. The SMILES string of the molecule is Cc1ccc(C(=O)NC(C)C(O)c2ccc(Cl)cc2)cc1S(C)(=O)=O. The lowest BCUT2D eigenvalue weighted by atomic mass is 10.0. The molecule has 2 N–H and O–H groups in total. The van der Waals surface area contributed by atoms with Crippen molar-refractivity contribution in [2.75, 3.05) is 6.26 Å². The second kappa shape index (κ2) is 7.56. The number of benzene rings is 2. The molecular weight excluding hydrogens is 362 g/mol. The Hall–Kier alpha value is -1.89. The molecule has 0 fully saturated rings. The number of rotatable bonds is 5. The standard InChI is InChI=1S/C18H20ClNO4S/c1-11-4-5-14(10-16(11)25(3,23)24)18(22)20-12(2)17(21)13-6-8-15(19)9-7-13/h4-10,12,17,21H,1-3H3,(H,20,22). The third kappa shape index (κ3) is 4.81. The molecule has 0 spiro atoms. The molecule has 2 aromatic carbocycles. The second-order valence-corrected chi connectivity index (χ2v) is 8.43. The van der Waals surface area contributed by atoms with E-state index >= 15 is 0 Å². The van der Waals surface area contributed by atoms with Gasteiger partial charge in [0.05, 0.1) is 17.0 Å². The molecule has 0 aliphatic heterocycles. The van der Waals surface area contributed by atoms with Gasteiger partial charge in [-0.15, -0.1) is 0 Å². The number of sulfone groups is 1. The molecule has 0 saturated carbocycles. The summed E-state index contributed by atoms with van der Waals surface area (Å²) in [6.45, 7) is 3.34. The smallest absolute Gasteiger partial charge is 0.251 e. The van der Waals surface area contributed by atoms with Crippen LogP contribution in [0.25, 0.3) is 0 Å². The molecule has 2 atom stereocenters. The molecule has 0 aliphatic carbocycles. The fourth-order valence-electron chi connectivity index (χ4n) is 2.46. The number of amides is 1. The molecule has 7 heteroatoms. The third-order valence-electron chi connectivity index (χ3n) is 3.89. The summed E-state index contributed by atoms with van der Waals surface area (Å²) in [5.74, 6) is -0.453. The van der Waals surface area contributed by atoms with Crippen LogP contribution in [0.5, 0.6) is 0 Å². The van der Waals surface area contributed by atoms with Gasteiger partial charge in [0.25, 0.3) is 5.91 Å². The Labute approximate surface area is 152 Å². The van der Waals surface area contributed by atoms with Gasteiger partial charge < -0.3 is 10.4 Å². The van der Waals surface area contributed by atoms with E-state index in [1.165, 1.54) is 6.07 Å². The Kier molecular flexibility index (Phi) is 5.87. The van der Waals surface area contributed by atoms with Crippen molar-refractivity contribution in [3.8, 4) is 0 Å². The average Bonchev–Trinajstić information content (AvgIpc) is 2.54. The zero-order chi connectivity index (χ0) is 18.8. The van der Waals surface area contributed by atoms with Crippen LogP contribution in [0, 0.1) is 6.92 Å². The van der Waals surface area contributed by atoms with Gasteiger partial charge in [-0.2, -0.15) is 0 Å². The van der Waals surface area contributed by atoms with Crippen LogP contribution in [0.1, 0.15) is 34.5 Å². The molecule has 0 radical (unpaired) electrons. The highest BCUT2D eigenvalue weighted by molar-refractivity contribution is 7.90. The van der Waals surface area contributed by atoms with Crippen molar-refractivity contribution in [2.24, 2.45) is 0 Å². The molecule has 2 unspecified atom stereocenters. The zero-order valence-electron chi connectivity index (χ0n) is 14.2. The molecule has 5 nitrogen and oxygen atoms in total. The van der Waals surface area contributed by atoms with E-state index in [0.717, 1.165) is 6.26 Å². The van der Waals surface area contributed by atoms with Crippen molar-refractivity contribution in [1.29, 1.82) is 0 Å². The molecule has 1 amide bonds. The number of aliphatic hydroxyl groups excluding tert-OH is 1. The molecular formula is C18H20ClNO4S. The first kappa shape index (κ1) is 19.4. The molecule has 134 valence electrons. The predicted molar refractivity (Wildman–Crippen MR) is 97.6 cm³/mol. The number of nitrogens with one attached hydrogen (secondary N) is 1. The van der Waals surface area contributed by atoms with Crippen LogP contribution < -0.4 is 5.32 Å². The molecule has 25 heavy (non-hydrogen) atoms. The van der Waals surface area contributed by atoms with E-state index in [2.05, 4.69) is 5.32 Å². The lowest BCUT2D eigenvalue weighted by molar-refractivity contribution is 0.0852. The van der Waals surface area contributed by atoms with Gasteiger partial charge in [0, 0.05) is 16.8 Å². The minimum absolute atomic E-state index is 0.117. The third-order valence-corrected chi connectivity index (χ3v) is 5.38. The highest BCUT2D eigenvalue weighted by Gasteiger charge is 2.20. The summed E-state index contributed by atoms with van der Waals surface area (Å²) in [6, 6.07) is 10.6. The fourth-order valence-corrected chi connectivity index (χ4v) is 3.58. The van der Waals surface area contributed by atoms with Crippen molar-refractivity contribution in [1.82, 2.24) is 5.32 Å². The summed E-state index contributed by atoms with van der Waals surface area (Å²) in [6.07, 6.45) is 0.185. The fraction of sp³-hybridized carbons (Fsp3) is 0.278. The molecule has 2 aromatic rings. The van der Waals surface area contributed by atoms with Crippen molar-refractivity contribution in [3.05, 3.63) is 64.2 Å². The highest BCUT2D eigenvalue weighted by Crippen LogP contribution is 2.21. The van der Waals surface area contributed by atoms with Crippen LogP contribution in [0.15, 0.2) is 47.4 Å². The lowest BCUT2D eigenvalue weighted by Gasteiger charge is -2.21. The van der Waals surface area contributed by atoms with Gasteiger partial charge in [0.2, 0.25) is 0 Å². The van der Waals surface area contributed by atoms with E-state index in [1.54, 1.807) is 50.2 Å². The summed E-state index contributed by atoms with van der Waals surface area (Å²) < 4.78 is 23.6. The van der Waals surface area contributed by atoms with Gasteiger partial charge in [-0.05, 0) is 49.2 Å². The Bertz CT molecular complexity index is 878. The van der Waals surface area contributed by atoms with Crippen molar-refractivity contribution >= 4 is 27.3 Å². The molecule has 0 saturated heterocycles. The number of aliphatic hydroxyl groups is 1. The second-order valence-electron chi connectivity index (χ2n) is 6.01. The minimum atomic E-state index is -3.42. The lowest BCUT2D eigenvalue weighted by Crippen LogP contribution is -2.37. The first-order valence-electron chi connectivity index (χ1n) is 7.64. The van der Waals surface area contributed by atoms with Crippen LogP contribution in [0.2, 0.25) is 5.02 Å². The quantitative estimate of drug-likeness (QED) is 0.834. The Balaban J connectivity index is 2.17. The molecule has 2 rings (SSSR count). The van der Waals surface area contributed by atoms with Crippen LogP contribution in [0.3, 0.4) is 0 Å². The van der Waals surface area contributed by atoms with Gasteiger partial charge >= 0.3 is 0 Å². The van der Waals surface area contributed by atoms with Crippen molar-refractivity contribution in [2.45, 2.75) is 30.9 Å². The van der Waals surface area contributed by atoms with E-state index in [9.17, 15) is 18.3 Å². The Morgan fingerprint density at radius 2 is 1.76 bits per heavy atom. The Morgan fingerprint density at radius 3 is 2.32 bits per heavy atom. The predicted octanol–water partition coefficient (Wildman–Crippen LogP) is 2.90. The van der Waals surface area contributed by atoms with Gasteiger partial charge in [-0.25, -0.2) is 8.42 Å². The van der Waals surface area contributed by atoms with Gasteiger partial charge in [-0.3, -0.25) is 4.79 Å². The van der Waals surface area contributed by atoms with Crippen molar-refractivity contribution in [3.63, 3.8) is 0 Å². The summed E-state index contributed by atoms with van der Waals surface area (Å²) in [5, 5.41) is 13.6. The highest BCUT2D eigenvalue weighted by atomic mass is 35.5. The monoisotopic (exact) mass is 381 g/mol. The average molecular weight is 382 g/mol. The molecule has 0 aromatic heterocycles. The molecule has 0 aliphatic rings. The van der Waals surface area contributed by atoms with E-state index in [1.807, 2.05) is 0 Å². The van der Waals surface area contributed by atoms with Crippen LogP contribution in [-0.2, 0) is 9.84 Å². The summed E-state index contributed by atoms with van der Waals surface area (Å²) in [7, 11) is -3.42. The van der Waals surface area contributed by atoms with E-state index in [4.69, 9.17) is 11.6 Å². The van der Waals surface area contributed by atoms with Crippen LogP contribution in [0.4, 0.5) is 0 Å². The largest absolute Gasteiger partial charge is 0.386 e. The number of hydrogen-bond acceptors (Lipinski definition) is 4. The minimum Gasteiger partial charge on any atom is -0.386 e. The summed E-state index contributed by atoms with van der Waals surface area (Å²) in [4.78, 5) is 12.5. The maximum absolute atomic E-state index is 12.4. The summed E-state index contributed by atoms with van der Waals surface area (Å²) >= 11 is 5.82. The maximum atomic E-state index is 12.4. The van der Waals surface area contributed by atoms with Crippen LogP contribution >= 0.6 is 11.6 Å². The first-order chi connectivity index (χ1) is 11.6. The number of hydrogen-bond donors (Lipinski definition) is 2. The summed E-state index contributed by atoms with van der Waals surface area (Å²) in [5.41, 5.74) is 1.42. The number of halogens is 1. The van der Waals surface area contributed by atoms with Crippen molar-refractivity contribution < 1.29 is 18.3 Å². The topological polar surface area (TPSA) is 83.5 Å². The van der Waals surface area contributed by atoms with E-state index in [-0.39, 0.29) is 10.5 Å². The number of aryl methyl sites for hydroxylation is 1.